The lowest BCUT2D eigenvalue weighted by Gasteiger charge is -2.30. The molecule has 1 N–H and O–H groups in total. The van der Waals surface area contributed by atoms with Crippen molar-refractivity contribution in [1.82, 2.24) is 14.9 Å². The summed E-state index contributed by atoms with van der Waals surface area (Å²) >= 11 is 0. The molecular weight excluding hydrogens is 440 g/mol. The fraction of sp³-hybridized carbons (Fsp3) is 0.250. The number of rotatable bonds is 6. The number of aryl methyl sites for hydroxylation is 1. The van der Waals surface area contributed by atoms with Crippen molar-refractivity contribution in [2.75, 3.05) is 18.6 Å². The molecule has 7 heteroatoms. The third kappa shape index (κ3) is 4.49. The van der Waals surface area contributed by atoms with E-state index in [0.717, 1.165) is 29.6 Å². The van der Waals surface area contributed by atoms with Crippen LogP contribution in [0.4, 0.5) is 5.69 Å². The van der Waals surface area contributed by atoms with Crippen molar-refractivity contribution >= 4 is 28.5 Å². The molecular formula is C28H28N4O3. The average Bonchev–Trinajstić information content (AvgIpc) is 3.26. The number of hydrogen-bond acceptors (Lipinski definition) is 4. The number of benzene rings is 3. The number of imidazole rings is 1. The van der Waals surface area contributed by atoms with E-state index in [4.69, 9.17) is 9.72 Å². The van der Waals surface area contributed by atoms with E-state index in [-0.39, 0.29) is 18.4 Å². The predicted octanol–water partition coefficient (Wildman–Crippen LogP) is 4.52. The van der Waals surface area contributed by atoms with Crippen LogP contribution in [0, 0.1) is 0 Å². The normalized spacial score (nSPS) is 13.8. The highest BCUT2D eigenvalue weighted by Gasteiger charge is 2.25. The molecule has 2 heterocycles. The number of amides is 2. The molecule has 0 fully saturated rings. The molecule has 0 aliphatic carbocycles. The van der Waals surface area contributed by atoms with Crippen LogP contribution in [0.15, 0.2) is 72.8 Å². The van der Waals surface area contributed by atoms with Gasteiger partial charge in [-0.1, -0.05) is 36.4 Å². The minimum absolute atomic E-state index is 0.00729. The number of aromatic nitrogens is 2. The number of anilines is 1. The highest BCUT2D eigenvalue weighted by molar-refractivity contribution is 5.96. The molecule has 7 nitrogen and oxygen atoms in total. The van der Waals surface area contributed by atoms with Crippen LogP contribution in [0.25, 0.3) is 11.0 Å². The number of carbonyl (C=O) groups is 2. The van der Waals surface area contributed by atoms with E-state index < -0.39 is 6.04 Å². The van der Waals surface area contributed by atoms with E-state index in [0.29, 0.717) is 23.7 Å². The lowest BCUT2D eigenvalue weighted by atomic mass is 10.0. The molecule has 0 radical (unpaired) electrons. The molecule has 1 aliphatic heterocycles. The van der Waals surface area contributed by atoms with E-state index in [1.165, 1.54) is 5.56 Å². The first kappa shape index (κ1) is 22.7. The lowest BCUT2D eigenvalue weighted by Crippen LogP contribution is -2.38. The molecule has 35 heavy (non-hydrogen) atoms. The topological polar surface area (TPSA) is 76.5 Å². The minimum atomic E-state index is -0.414. The maximum atomic E-state index is 13.5. The first-order valence-corrected chi connectivity index (χ1v) is 11.8. The van der Waals surface area contributed by atoms with Gasteiger partial charge in [0.2, 0.25) is 5.91 Å². The highest BCUT2D eigenvalue weighted by atomic mass is 16.5. The second-order valence-electron chi connectivity index (χ2n) is 8.75. The Morgan fingerprint density at radius 1 is 1.06 bits per heavy atom. The van der Waals surface area contributed by atoms with Gasteiger partial charge >= 0.3 is 0 Å². The van der Waals surface area contributed by atoms with Gasteiger partial charge in [-0.05, 0) is 61.7 Å². The zero-order valence-corrected chi connectivity index (χ0v) is 19.9. The van der Waals surface area contributed by atoms with E-state index in [1.807, 2.05) is 58.9 Å². The Kier molecular flexibility index (Phi) is 6.23. The molecule has 0 spiro atoms. The van der Waals surface area contributed by atoms with Crippen LogP contribution in [0.2, 0.25) is 0 Å². The molecule has 5 rings (SSSR count). The SMILES string of the molecule is COc1cccc(C(=O)NC(C)c2nc3ccccc3n2CC(=O)N2CCCc3ccccc32)c1. The Bertz CT molecular complexity index is 1390. The van der Waals surface area contributed by atoms with Gasteiger partial charge in [0.15, 0.2) is 0 Å². The Hall–Kier alpha value is -4.13. The van der Waals surface area contributed by atoms with Gasteiger partial charge in [0.25, 0.3) is 5.91 Å². The number of nitrogens with zero attached hydrogens (tertiary/aromatic N) is 3. The van der Waals surface area contributed by atoms with Crippen LogP contribution in [0.3, 0.4) is 0 Å². The molecule has 1 atom stereocenters. The summed E-state index contributed by atoms with van der Waals surface area (Å²) in [6, 6.07) is 22.4. The van der Waals surface area contributed by atoms with Crippen LogP contribution in [0.1, 0.15) is 41.1 Å². The zero-order valence-electron chi connectivity index (χ0n) is 19.9. The van der Waals surface area contributed by atoms with Crippen molar-refractivity contribution < 1.29 is 14.3 Å². The predicted molar refractivity (Wildman–Crippen MR) is 136 cm³/mol. The number of ether oxygens (including phenoxy) is 1. The third-order valence-electron chi connectivity index (χ3n) is 6.46. The molecule has 1 aromatic heterocycles. The van der Waals surface area contributed by atoms with Crippen LogP contribution in [0.5, 0.6) is 5.75 Å². The average molecular weight is 469 g/mol. The lowest BCUT2D eigenvalue weighted by molar-refractivity contribution is -0.119. The van der Waals surface area contributed by atoms with Gasteiger partial charge in [0, 0.05) is 17.8 Å². The highest BCUT2D eigenvalue weighted by Crippen LogP contribution is 2.28. The molecule has 1 aliphatic rings. The monoisotopic (exact) mass is 468 g/mol. The van der Waals surface area contributed by atoms with Crippen LogP contribution < -0.4 is 15.0 Å². The number of hydrogen-bond donors (Lipinski definition) is 1. The second kappa shape index (κ2) is 9.62. The van der Waals surface area contributed by atoms with Crippen molar-refractivity contribution in [3.63, 3.8) is 0 Å². The molecule has 0 saturated carbocycles. The van der Waals surface area contributed by atoms with Crippen LogP contribution in [-0.4, -0.2) is 35.0 Å². The van der Waals surface area contributed by atoms with Gasteiger partial charge in [0.1, 0.15) is 18.1 Å². The minimum Gasteiger partial charge on any atom is -0.497 e. The third-order valence-corrected chi connectivity index (χ3v) is 6.46. The number of para-hydroxylation sites is 3. The van der Waals surface area contributed by atoms with E-state index >= 15 is 0 Å². The summed E-state index contributed by atoms with van der Waals surface area (Å²) in [6.45, 7) is 2.72. The molecule has 0 bridgehead atoms. The maximum Gasteiger partial charge on any atom is 0.251 e. The Morgan fingerprint density at radius 3 is 2.71 bits per heavy atom. The smallest absolute Gasteiger partial charge is 0.251 e. The largest absolute Gasteiger partial charge is 0.497 e. The molecule has 0 saturated heterocycles. The summed E-state index contributed by atoms with van der Waals surface area (Å²) < 4.78 is 7.16. The van der Waals surface area contributed by atoms with Crippen molar-refractivity contribution in [2.45, 2.75) is 32.4 Å². The van der Waals surface area contributed by atoms with Crippen LogP contribution >= 0.6 is 0 Å². The Balaban J connectivity index is 1.44. The van der Waals surface area contributed by atoms with E-state index in [1.54, 1.807) is 31.4 Å². The summed E-state index contributed by atoms with van der Waals surface area (Å²) in [6.07, 6.45) is 1.92. The Labute approximate surface area is 204 Å². The number of nitrogens with one attached hydrogen (secondary N) is 1. The van der Waals surface area contributed by atoms with Crippen molar-refractivity contribution in [1.29, 1.82) is 0 Å². The zero-order chi connectivity index (χ0) is 24.4. The molecule has 1 unspecified atom stereocenters. The first-order valence-electron chi connectivity index (χ1n) is 11.8. The molecule has 2 amide bonds. The summed E-state index contributed by atoms with van der Waals surface area (Å²) in [5, 5.41) is 3.03. The number of methoxy groups -OCH3 is 1. The Morgan fingerprint density at radius 2 is 1.86 bits per heavy atom. The quantitative estimate of drug-likeness (QED) is 0.452. The summed E-state index contributed by atoms with van der Waals surface area (Å²) in [4.78, 5) is 33.1. The van der Waals surface area contributed by atoms with Gasteiger partial charge in [-0.2, -0.15) is 0 Å². The maximum absolute atomic E-state index is 13.5. The van der Waals surface area contributed by atoms with Crippen LogP contribution in [-0.2, 0) is 17.8 Å². The summed E-state index contributed by atoms with van der Waals surface area (Å²) in [5.41, 5.74) is 4.33. The first-order chi connectivity index (χ1) is 17.0. The number of carbonyl (C=O) groups excluding carboxylic acids is 2. The summed E-state index contributed by atoms with van der Waals surface area (Å²) in [5.74, 6) is 1.03. The van der Waals surface area contributed by atoms with Crippen molar-refractivity contribution in [3.05, 3.63) is 89.7 Å². The van der Waals surface area contributed by atoms with E-state index in [9.17, 15) is 9.59 Å². The second-order valence-corrected chi connectivity index (χ2v) is 8.75. The standard InChI is InChI=1S/C28H28N4O3/c1-19(29-28(34)21-10-7-12-22(17-21)35-2)27-30-23-13-4-6-15-25(23)32(27)18-26(33)31-16-8-11-20-9-3-5-14-24(20)31/h3-7,9-10,12-15,17,19H,8,11,16,18H2,1-2H3,(H,29,34). The fourth-order valence-corrected chi connectivity index (χ4v) is 4.71. The van der Waals surface area contributed by atoms with Crippen molar-refractivity contribution in [2.24, 2.45) is 0 Å². The van der Waals surface area contributed by atoms with Gasteiger partial charge in [0.05, 0.1) is 24.2 Å². The van der Waals surface area contributed by atoms with Gasteiger partial charge < -0.3 is 19.5 Å². The van der Waals surface area contributed by atoms with Gasteiger partial charge in [-0.25, -0.2) is 4.98 Å². The van der Waals surface area contributed by atoms with Gasteiger partial charge in [-0.3, -0.25) is 9.59 Å². The molecule has 3 aromatic carbocycles. The van der Waals surface area contributed by atoms with E-state index in [2.05, 4.69) is 11.4 Å². The summed E-state index contributed by atoms with van der Waals surface area (Å²) in [7, 11) is 1.57. The molecule has 4 aromatic rings. The van der Waals surface area contributed by atoms with Crippen molar-refractivity contribution in [3.8, 4) is 5.75 Å². The number of fused-ring (bicyclic) bond motifs is 2. The van der Waals surface area contributed by atoms with Gasteiger partial charge in [-0.15, -0.1) is 0 Å². The fourth-order valence-electron chi connectivity index (χ4n) is 4.71. The molecule has 178 valence electrons.